The van der Waals surface area contributed by atoms with Crippen molar-refractivity contribution in [3.8, 4) is 17.5 Å². The summed E-state index contributed by atoms with van der Waals surface area (Å²) in [7, 11) is 0. The zero-order valence-electron chi connectivity index (χ0n) is 9.25. The summed E-state index contributed by atoms with van der Waals surface area (Å²) in [4.78, 5) is 8.14. The van der Waals surface area contributed by atoms with Crippen LogP contribution >= 0.6 is 11.8 Å². The van der Waals surface area contributed by atoms with Crippen LogP contribution in [-0.4, -0.2) is 20.9 Å². The number of pyridine rings is 1. The van der Waals surface area contributed by atoms with E-state index in [0.29, 0.717) is 17.4 Å². The standard InChI is InChI=1S/C11H10N4OS/c1-2-17-7-10-14-11(16-15-10)8-3-4-13-9(5-8)6-12/h3-5H,2,7H2,1H3. The van der Waals surface area contributed by atoms with Gasteiger partial charge in [-0.25, -0.2) is 4.98 Å². The van der Waals surface area contributed by atoms with E-state index in [9.17, 15) is 0 Å². The molecule has 0 atom stereocenters. The Morgan fingerprint density at radius 2 is 2.41 bits per heavy atom. The molecule has 0 bridgehead atoms. The lowest BCUT2D eigenvalue weighted by molar-refractivity contribution is 0.425. The van der Waals surface area contributed by atoms with Crippen LogP contribution in [0, 0.1) is 11.3 Å². The van der Waals surface area contributed by atoms with Crippen LogP contribution in [0.2, 0.25) is 0 Å². The van der Waals surface area contributed by atoms with Gasteiger partial charge in [0, 0.05) is 11.8 Å². The fourth-order valence-electron chi connectivity index (χ4n) is 1.25. The minimum absolute atomic E-state index is 0.338. The van der Waals surface area contributed by atoms with Crippen molar-refractivity contribution in [2.75, 3.05) is 5.75 Å². The lowest BCUT2D eigenvalue weighted by atomic mass is 10.2. The third kappa shape index (κ3) is 2.82. The average Bonchev–Trinajstić information content (AvgIpc) is 2.85. The molecule has 0 radical (unpaired) electrons. The Morgan fingerprint density at radius 3 is 3.18 bits per heavy atom. The van der Waals surface area contributed by atoms with Gasteiger partial charge >= 0.3 is 0 Å². The smallest absolute Gasteiger partial charge is 0.258 e. The predicted octanol–water partition coefficient (Wildman–Crippen LogP) is 2.26. The van der Waals surface area contributed by atoms with Gasteiger partial charge in [0.1, 0.15) is 11.8 Å². The van der Waals surface area contributed by atoms with E-state index in [0.717, 1.165) is 17.1 Å². The van der Waals surface area contributed by atoms with Gasteiger partial charge in [-0.1, -0.05) is 12.1 Å². The Kier molecular flexibility index (Phi) is 3.73. The highest BCUT2D eigenvalue weighted by Gasteiger charge is 2.09. The van der Waals surface area contributed by atoms with Gasteiger partial charge in [0.05, 0.1) is 5.75 Å². The van der Waals surface area contributed by atoms with Gasteiger partial charge in [0.15, 0.2) is 5.82 Å². The summed E-state index contributed by atoms with van der Waals surface area (Å²) in [5, 5.41) is 12.6. The second kappa shape index (κ2) is 5.46. The molecule has 0 unspecified atom stereocenters. The molecule has 0 aliphatic carbocycles. The molecule has 0 aliphatic rings. The van der Waals surface area contributed by atoms with Crippen molar-refractivity contribution in [2.45, 2.75) is 12.7 Å². The molecule has 0 aromatic carbocycles. The zero-order chi connectivity index (χ0) is 12.1. The molecule has 2 rings (SSSR count). The van der Waals surface area contributed by atoms with Gasteiger partial charge in [-0.15, -0.1) is 0 Å². The molecule has 5 nitrogen and oxygen atoms in total. The third-order valence-corrected chi connectivity index (χ3v) is 2.90. The van der Waals surface area contributed by atoms with Crippen LogP contribution < -0.4 is 0 Å². The Morgan fingerprint density at radius 1 is 1.53 bits per heavy atom. The molecular weight excluding hydrogens is 236 g/mol. The van der Waals surface area contributed by atoms with Crippen LogP contribution in [0.4, 0.5) is 0 Å². The number of rotatable bonds is 4. The zero-order valence-corrected chi connectivity index (χ0v) is 10.1. The first kappa shape index (κ1) is 11.6. The summed E-state index contributed by atoms with van der Waals surface area (Å²) in [6.07, 6.45) is 1.55. The van der Waals surface area contributed by atoms with Crippen LogP contribution in [0.15, 0.2) is 22.9 Å². The SMILES string of the molecule is CCSCc1noc(-c2ccnc(C#N)c2)n1. The Balaban J connectivity index is 2.21. The largest absolute Gasteiger partial charge is 0.334 e. The van der Waals surface area contributed by atoms with Gasteiger partial charge in [-0.2, -0.15) is 22.0 Å². The number of thioether (sulfide) groups is 1. The van der Waals surface area contributed by atoms with E-state index < -0.39 is 0 Å². The molecule has 17 heavy (non-hydrogen) atoms. The first-order valence-corrected chi connectivity index (χ1v) is 6.26. The highest BCUT2D eigenvalue weighted by atomic mass is 32.2. The van der Waals surface area contributed by atoms with E-state index in [2.05, 4.69) is 22.0 Å². The van der Waals surface area contributed by atoms with Gasteiger partial charge < -0.3 is 4.52 Å². The number of nitrogens with zero attached hydrogens (tertiary/aromatic N) is 4. The molecule has 6 heteroatoms. The number of aromatic nitrogens is 3. The summed E-state index contributed by atoms with van der Waals surface area (Å²) >= 11 is 1.73. The lowest BCUT2D eigenvalue weighted by Crippen LogP contribution is -1.86. The summed E-state index contributed by atoms with van der Waals surface area (Å²) in [5.74, 6) is 2.84. The Labute approximate surface area is 103 Å². The quantitative estimate of drug-likeness (QED) is 0.823. The molecule has 0 amide bonds. The molecule has 0 fully saturated rings. The van der Waals surface area contributed by atoms with Crippen LogP contribution in [0.3, 0.4) is 0 Å². The second-order valence-electron chi connectivity index (χ2n) is 3.19. The topological polar surface area (TPSA) is 75.6 Å². The van der Waals surface area contributed by atoms with Crippen LogP contribution in [0.25, 0.3) is 11.5 Å². The number of hydrogen-bond acceptors (Lipinski definition) is 6. The average molecular weight is 246 g/mol. The summed E-state index contributed by atoms with van der Waals surface area (Å²) in [6.45, 7) is 2.08. The minimum atomic E-state index is 0.338. The van der Waals surface area contributed by atoms with Gasteiger partial charge in [-0.05, 0) is 17.9 Å². The number of nitriles is 1. The van der Waals surface area contributed by atoms with Crippen molar-refractivity contribution >= 4 is 11.8 Å². The highest BCUT2D eigenvalue weighted by molar-refractivity contribution is 7.98. The molecule has 0 saturated heterocycles. The lowest BCUT2D eigenvalue weighted by Gasteiger charge is -1.93. The van der Waals surface area contributed by atoms with Crippen molar-refractivity contribution < 1.29 is 4.52 Å². The summed E-state index contributed by atoms with van der Waals surface area (Å²) < 4.78 is 5.14. The van der Waals surface area contributed by atoms with Crippen molar-refractivity contribution in [3.63, 3.8) is 0 Å². The van der Waals surface area contributed by atoms with E-state index in [1.807, 2.05) is 6.07 Å². The second-order valence-corrected chi connectivity index (χ2v) is 4.47. The van der Waals surface area contributed by atoms with Crippen LogP contribution in [0.5, 0.6) is 0 Å². The maximum atomic E-state index is 8.75. The fourth-order valence-corrected chi connectivity index (χ4v) is 1.75. The molecule has 2 aromatic rings. The van der Waals surface area contributed by atoms with Crippen molar-refractivity contribution in [1.82, 2.24) is 15.1 Å². The van der Waals surface area contributed by atoms with E-state index in [4.69, 9.17) is 9.78 Å². The summed E-state index contributed by atoms with van der Waals surface area (Å²) in [6, 6.07) is 5.34. The maximum Gasteiger partial charge on any atom is 0.258 e. The first-order chi connectivity index (χ1) is 8.33. The minimum Gasteiger partial charge on any atom is -0.334 e. The van der Waals surface area contributed by atoms with Crippen LogP contribution in [0.1, 0.15) is 18.4 Å². The molecule has 0 spiro atoms. The molecular formula is C11H10N4OS. The number of hydrogen-bond donors (Lipinski definition) is 0. The van der Waals surface area contributed by atoms with Gasteiger partial charge in [0.2, 0.25) is 0 Å². The third-order valence-electron chi connectivity index (χ3n) is 2.02. The van der Waals surface area contributed by atoms with E-state index >= 15 is 0 Å². The Hall–Kier alpha value is -1.87. The van der Waals surface area contributed by atoms with Crippen molar-refractivity contribution in [1.29, 1.82) is 5.26 Å². The fraction of sp³-hybridized carbons (Fsp3) is 0.273. The molecule has 0 saturated carbocycles. The van der Waals surface area contributed by atoms with E-state index in [-0.39, 0.29) is 0 Å². The van der Waals surface area contributed by atoms with Gasteiger partial charge in [-0.3, -0.25) is 0 Å². The van der Waals surface area contributed by atoms with Crippen molar-refractivity contribution in [3.05, 3.63) is 29.8 Å². The van der Waals surface area contributed by atoms with Gasteiger partial charge in [0.25, 0.3) is 5.89 Å². The molecule has 0 aliphatic heterocycles. The van der Waals surface area contributed by atoms with E-state index in [1.54, 1.807) is 30.1 Å². The highest BCUT2D eigenvalue weighted by Crippen LogP contribution is 2.18. The van der Waals surface area contributed by atoms with E-state index in [1.165, 1.54) is 0 Å². The predicted molar refractivity (Wildman–Crippen MR) is 64.1 cm³/mol. The van der Waals surface area contributed by atoms with Crippen molar-refractivity contribution in [2.24, 2.45) is 0 Å². The normalized spacial score (nSPS) is 10.1. The molecule has 2 heterocycles. The summed E-state index contributed by atoms with van der Waals surface area (Å²) in [5.41, 5.74) is 1.06. The van der Waals surface area contributed by atoms with Crippen LogP contribution in [-0.2, 0) is 5.75 Å². The molecule has 0 N–H and O–H groups in total. The first-order valence-electron chi connectivity index (χ1n) is 5.10. The monoisotopic (exact) mass is 246 g/mol. The maximum absolute atomic E-state index is 8.75. The Bertz CT molecular complexity index is 546. The molecule has 86 valence electrons. The molecule has 2 aromatic heterocycles.